The monoisotopic (exact) mass is 321 g/mol. The van der Waals surface area contributed by atoms with Crippen molar-refractivity contribution in [2.75, 3.05) is 11.0 Å². The maximum Gasteiger partial charge on any atom is 0.261 e. The van der Waals surface area contributed by atoms with Crippen molar-refractivity contribution in [3.8, 4) is 0 Å². The molecule has 0 saturated heterocycles. The van der Waals surface area contributed by atoms with Crippen molar-refractivity contribution in [1.29, 1.82) is 0 Å². The number of thioether (sulfide) groups is 1. The Morgan fingerprint density at radius 2 is 1.52 bits per heavy atom. The van der Waals surface area contributed by atoms with E-state index < -0.39 is 10.0 Å². The normalized spacial score (nSPS) is 11.6. The first kappa shape index (κ1) is 15.9. The van der Waals surface area contributed by atoms with Crippen LogP contribution in [0.4, 0.5) is 5.69 Å². The topological polar surface area (TPSA) is 46.2 Å². The van der Waals surface area contributed by atoms with Crippen LogP contribution in [-0.4, -0.2) is 14.7 Å². The molecule has 0 aliphatic carbocycles. The fraction of sp³-hybridized carbons (Fsp3) is 0.250. The van der Waals surface area contributed by atoms with Crippen molar-refractivity contribution < 1.29 is 8.42 Å². The summed E-state index contributed by atoms with van der Waals surface area (Å²) in [4.78, 5) is 1.38. The molecule has 0 aliphatic heterocycles. The molecule has 0 heterocycles. The van der Waals surface area contributed by atoms with Crippen LogP contribution in [0.1, 0.15) is 25.3 Å². The summed E-state index contributed by atoms with van der Waals surface area (Å²) in [5.41, 5.74) is 1.69. The first-order chi connectivity index (χ1) is 9.92. The Balaban J connectivity index is 2.20. The van der Waals surface area contributed by atoms with Crippen LogP contribution >= 0.6 is 11.8 Å². The van der Waals surface area contributed by atoms with Gasteiger partial charge in [0.25, 0.3) is 10.0 Å². The number of sulfonamides is 1. The van der Waals surface area contributed by atoms with Crippen LogP contribution in [0.25, 0.3) is 0 Å². The number of hydrogen-bond acceptors (Lipinski definition) is 3. The molecule has 0 aromatic heterocycles. The molecular weight excluding hydrogens is 302 g/mol. The van der Waals surface area contributed by atoms with Crippen LogP contribution in [0.5, 0.6) is 0 Å². The highest BCUT2D eigenvalue weighted by Crippen LogP contribution is 2.22. The van der Waals surface area contributed by atoms with E-state index in [1.54, 1.807) is 36.0 Å². The highest BCUT2D eigenvalue weighted by molar-refractivity contribution is 7.98. The Morgan fingerprint density at radius 1 is 0.952 bits per heavy atom. The van der Waals surface area contributed by atoms with Crippen molar-refractivity contribution in [3.05, 3.63) is 54.1 Å². The Labute approximate surface area is 130 Å². The molecule has 0 radical (unpaired) electrons. The maximum atomic E-state index is 12.3. The zero-order valence-electron chi connectivity index (χ0n) is 12.3. The van der Waals surface area contributed by atoms with E-state index in [9.17, 15) is 8.42 Å². The van der Waals surface area contributed by atoms with E-state index in [-0.39, 0.29) is 4.90 Å². The van der Waals surface area contributed by atoms with E-state index in [1.165, 1.54) is 0 Å². The van der Waals surface area contributed by atoms with Gasteiger partial charge in [0.1, 0.15) is 0 Å². The molecule has 0 saturated carbocycles. The number of anilines is 1. The number of benzene rings is 2. The second-order valence-electron chi connectivity index (χ2n) is 5.06. The van der Waals surface area contributed by atoms with Crippen LogP contribution in [0.3, 0.4) is 0 Å². The molecule has 0 amide bonds. The first-order valence-corrected chi connectivity index (χ1v) is 9.40. The molecule has 2 aromatic carbocycles. The molecular formula is C16H19NO2S2. The molecule has 0 bridgehead atoms. The fourth-order valence-corrected chi connectivity index (χ4v) is 3.37. The van der Waals surface area contributed by atoms with Gasteiger partial charge in [0.15, 0.2) is 0 Å². The van der Waals surface area contributed by atoms with Gasteiger partial charge in [-0.05, 0) is 54.1 Å². The average Bonchev–Trinajstić information content (AvgIpc) is 2.48. The van der Waals surface area contributed by atoms with Crippen LogP contribution < -0.4 is 4.72 Å². The lowest BCUT2D eigenvalue weighted by atomic mass is 10.0. The summed E-state index contributed by atoms with van der Waals surface area (Å²) in [5.74, 6) is 0.383. The summed E-state index contributed by atoms with van der Waals surface area (Å²) in [7, 11) is -3.53. The summed E-state index contributed by atoms with van der Waals surface area (Å²) in [6.07, 6.45) is 1.98. The molecule has 1 N–H and O–H groups in total. The molecule has 5 heteroatoms. The average molecular weight is 321 g/mol. The van der Waals surface area contributed by atoms with Crippen LogP contribution in [0.2, 0.25) is 0 Å². The van der Waals surface area contributed by atoms with Crippen molar-refractivity contribution in [2.24, 2.45) is 0 Å². The molecule has 0 aliphatic rings. The lowest BCUT2D eigenvalue weighted by molar-refractivity contribution is 0.601. The van der Waals surface area contributed by atoms with Crippen LogP contribution in [-0.2, 0) is 10.0 Å². The zero-order chi connectivity index (χ0) is 15.5. The third-order valence-electron chi connectivity index (χ3n) is 3.20. The van der Waals surface area contributed by atoms with Gasteiger partial charge in [-0.1, -0.05) is 26.0 Å². The van der Waals surface area contributed by atoms with E-state index in [0.29, 0.717) is 11.6 Å². The Hall–Kier alpha value is -1.46. The molecule has 21 heavy (non-hydrogen) atoms. The minimum Gasteiger partial charge on any atom is -0.280 e. The maximum absolute atomic E-state index is 12.3. The van der Waals surface area contributed by atoms with Gasteiger partial charge in [-0.2, -0.15) is 0 Å². The predicted octanol–water partition coefficient (Wildman–Crippen LogP) is 4.33. The smallest absolute Gasteiger partial charge is 0.261 e. The van der Waals surface area contributed by atoms with E-state index >= 15 is 0 Å². The van der Waals surface area contributed by atoms with Gasteiger partial charge < -0.3 is 0 Å². The second kappa shape index (κ2) is 6.54. The number of hydrogen-bond donors (Lipinski definition) is 1. The Kier molecular flexibility index (Phi) is 4.96. The van der Waals surface area contributed by atoms with Crippen molar-refractivity contribution in [3.63, 3.8) is 0 Å². The van der Waals surface area contributed by atoms with Crippen molar-refractivity contribution >= 4 is 27.5 Å². The Bertz CT molecular complexity index is 690. The summed E-state index contributed by atoms with van der Waals surface area (Å²) in [5, 5.41) is 0. The summed E-state index contributed by atoms with van der Waals surface area (Å²) in [6.45, 7) is 4.16. The molecule has 0 unspecified atom stereocenters. The van der Waals surface area contributed by atoms with Gasteiger partial charge in [-0.3, -0.25) is 4.72 Å². The Morgan fingerprint density at radius 3 is 2.00 bits per heavy atom. The lowest BCUT2D eigenvalue weighted by Gasteiger charge is -2.10. The first-order valence-electron chi connectivity index (χ1n) is 6.69. The highest BCUT2D eigenvalue weighted by atomic mass is 32.2. The zero-order valence-corrected chi connectivity index (χ0v) is 14.0. The minimum atomic E-state index is -3.53. The van der Waals surface area contributed by atoms with Gasteiger partial charge in [-0.15, -0.1) is 11.8 Å². The summed E-state index contributed by atoms with van der Waals surface area (Å²) in [6, 6.07) is 14.3. The minimum absolute atomic E-state index is 0.279. The van der Waals surface area contributed by atoms with E-state index in [2.05, 4.69) is 18.6 Å². The third-order valence-corrected chi connectivity index (χ3v) is 5.34. The molecule has 0 fully saturated rings. The second-order valence-corrected chi connectivity index (χ2v) is 7.62. The lowest BCUT2D eigenvalue weighted by Crippen LogP contribution is -2.12. The standard InChI is InChI=1S/C16H19NO2S2/c1-12(2)13-4-10-16(11-5-13)21(18,19)17-14-6-8-15(20-3)9-7-14/h4-12,17H,1-3H3. The third kappa shape index (κ3) is 4.02. The summed E-state index contributed by atoms with van der Waals surface area (Å²) >= 11 is 1.62. The van der Waals surface area contributed by atoms with Gasteiger partial charge in [0.2, 0.25) is 0 Å². The number of rotatable bonds is 5. The molecule has 3 nitrogen and oxygen atoms in total. The fourth-order valence-electron chi connectivity index (χ4n) is 1.91. The van der Waals surface area contributed by atoms with E-state index in [0.717, 1.165) is 10.5 Å². The van der Waals surface area contributed by atoms with E-state index in [1.807, 2.05) is 30.5 Å². The molecule has 2 aromatic rings. The van der Waals surface area contributed by atoms with Gasteiger partial charge in [0, 0.05) is 10.6 Å². The SMILES string of the molecule is CSc1ccc(NS(=O)(=O)c2ccc(C(C)C)cc2)cc1. The summed E-state index contributed by atoms with van der Waals surface area (Å²) < 4.78 is 27.2. The van der Waals surface area contributed by atoms with Crippen molar-refractivity contribution in [2.45, 2.75) is 29.6 Å². The van der Waals surface area contributed by atoms with Crippen LogP contribution in [0.15, 0.2) is 58.3 Å². The predicted molar refractivity (Wildman–Crippen MR) is 89.6 cm³/mol. The number of nitrogens with one attached hydrogen (secondary N) is 1. The van der Waals surface area contributed by atoms with Gasteiger partial charge in [0.05, 0.1) is 4.90 Å². The molecule has 112 valence electrons. The quantitative estimate of drug-likeness (QED) is 0.834. The molecule has 0 spiro atoms. The highest BCUT2D eigenvalue weighted by Gasteiger charge is 2.14. The van der Waals surface area contributed by atoms with Crippen molar-refractivity contribution in [1.82, 2.24) is 0 Å². The van der Waals surface area contributed by atoms with Gasteiger partial charge >= 0.3 is 0 Å². The van der Waals surface area contributed by atoms with E-state index in [4.69, 9.17) is 0 Å². The largest absolute Gasteiger partial charge is 0.280 e. The molecule has 0 atom stereocenters. The van der Waals surface area contributed by atoms with Gasteiger partial charge in [-0.25, -0.2) is 8.42 Å². The molecule has 2 rings (SSSR count). The van der Waals surface area contributed by atoms with Crippen LogP contribution in [0, 0.1) is 0 Å².